The van der Waals surface area contributed by atoms with Crippen LogP contribution in [0.25, 0.3) is 0 Å². The van der Waals surface area contributed by atoms with E-state index in [1.165, 1.54) is 7.11 Å². The summed E-state index contributed by atoms with van der Waals surface area (Å²) in [5.74, 6) is 0. The van der Waals surface area contributed by atoms with E-state index in [4.69, 9.17) is 20.9 Å². The quantitative estimate of drug-likeness (QED) is 0.447. The van der Waals surface area contributed by atoms with Crippen LogP contribution in [-0.4, -0.2) is 42.8 Å². The van der Waals surface area contributed by atoms with Crippen LogP contribution in [0.4, 0.5) is 0 Å². The summed E-state index contributed by atoms with van der Waals surface area (Å²) in [6, 6.07) is -0.829. The van der Waals surface area contributed by atoms with E-state index in [2.05, 4.69) is 0 Å². The maximum absolute atomic E-state index is 9.47. The molecule has 0 bridgehead atoms. The predicted molar refractivity (Wildman–Crippen MR) is 43.3 cm³/mol. The maximum atomic E-state index is 9.47. The number of aliphatic hydroxyl groups is 1. The minimum atomic E-state index is -0.846. The van der Waals surface area contributed by atoms with Crippen LogP contribution in [0, 0.1) is 0 Å². The fourth-order valence-corrected chi connectivity index (χ4v) is 1.30. The van der Waals surface area contributed by atoms with Crippen LogP contribution in [0.3, 0.4) is 0 Å². The topological polar surface area (TPSA) is 90.7 Å². The molecule has 0 saturated carbocycles. The molecule has 0 spiro atoms. The second kappa shape index (κ2) is 3.68. The molecular weight excluding hydrogens is 160 g/mol. The SMILES string of the molecule is CO[C@H]1O[C@H](C)[C@@H](N)[C@@H](N)[C@@H]1O. The highest BCUT2D eigenvalue weighted by Crippen LogP contribution is 2.18. The average Bonchev–Trinajstić information content (AvgIpc) is 2.08. The smallest absolute Gasteiger partial charge is 0.185 e. The van der Waals surface area contributed by atoms with Crippen molar-refractivity contribution in [3.63, 3.8) is 0 Å². The number of rotatable bonds is 1. The van der Waals surface area contributed by atoms with Gasteiger partial charge in [-0.25, -0.2) is 0 Å². The summed E-state index contributed by atoms with van der Waals surface area (Å²) in [5, 5.41) is 9.47. The minimum Gasteiger partial charge on any atom is -0.386 e. The van der Waals surface area contributed by atoms with Gasteiger partial charge in [0.15, 0.2) is 6.29 Å². The Labute approximate surface area is 71.6 Å². The normalized spacial score (nSPS) is 49.2. The third kappa shape index (κ3) is 1.60. The lowest BCUT2D eigenvalue weighted by Gasteiger charge is -2.39. The van der Waals surface area contributed by atoms with Gasteiger partial charge in [-0.3, -0.25) is 0 Å². The Hall–Kier alpha value is -0.200. The second-order valence-corrected chi connectivity index (χ2v) is 3.09. The third-order valence-corrected chi connectivity index (χ3v) is 2.24. The van der Waals surface area contributed by atoms with E-state index in [0.29, 0.717) is 0 Å². The molecule has 5 atom stereocenters. The van der Waals surface area contributed by atoms with Crippen LogP contribution in [0.2, 0.25) is 0 Å². The van der Waals surface area contributed by atoms with Crippen LogP contribution < -0.4 is 11.5 Å². The molecule has 1 fully saturated rings. The van der Waals surface area contributed by atoms with Gasteiger partial charge in [-0.05, 0) is 6.92 Å². The van der Waals surface area contributed by atoms with Gasteiger partial charge in [0.25, 0.3) is 0 Å². The molecule has 1 aliphatic rings. The molecule has 1 aliphatic heterocycles. The minimum absolute atomic E-state index is 0.187. The molecule has 1 heterocycles. The Morgan fingerprint density at radius 3 is 2.42 bits per heavy atom. The van der Waals surface area contributed by atoms with E-state index < -0.39 is 18.4 Å². The van der Waals surface area contributed by atoms with Crippen molar-refractivity contribution in [2.24, 2.45) is 11.5 Å². The summed E-state index contributed by atoms with van der Waals surface area (Å²) in [6.45, 7) is 1.81. The van der Waals surface area contributed by atoms with Crippen LogP contribution in [0.15, 0.2) is 0 Å². The summed E-state index contributed by atoms with van der Waals surface area (Å²) in [5.41, 5.74) is 11.3. The van der Waals surface area contributed by atoms with Crippen molar-refractivity contribution in [2.75, 3.05) is 7.11 Å². The molecule has 5 heteroatoms. The summed E-state index contributed by atoms with van der Waals surface area (Å²) in [4.78, 5) is 0. The zero-order chi connectivity index (χ0) is 9.30. The van der Waals surface area contributed by atoms with Gasteiger partial charge in [0.2, 0.25) is 0 Å². The Balaban J connectivity index is 2.63. The van der Waals surface area contributed by atoms with Gasteiger partial charge in [-0.15, -0.1) is 0 Å². The second-order valence-electron chi connectivity index (χ2n) is 3.09. The Bertz CT molecular complexity index is 151. The van der Waals surface area contributed by atoms with Crippen molar-refractivity contribution in [1.82, 2.24) is 0 Å². The molecule has 0 aromatic carbocycles. The van der Waals surface area contributed by atoms with E-state index in [0.717, 1.165) is 0 Å². The van der Waals surface area contributed by atoms with E-state index in [1.54, 1.807) is 0 Å². The molecule has 1 rings (SSSR count). The van der Waals surface area contributed by atoms with Crippen LogP contribution in [0.5, 0.6) is 0 Å². The molecule has 0 amide bonds. The first-order valence-electron chi connectivity index (χ1n) is 3.95. The van der Waals surface area contributed by atoms with E-state index in [1.807, 2.05) is 6.92 Å². The number of hydrogen-bond donors (Lipinski definition) is 3. The van der Waals surface area contributed by atoms with Gasteiger partial charge in [0.1, 0.15) is 6.10 Å². The molecule has 0 radical (unpaired) electrons. The lowest BCUT2D eigenvalue weighted by atomic mass is 9.96. The summed E-state index contributed by atoms with van der Waals surface area (Å²) < 4.78 is 10.1. The van der Waals surface area contributed by atoms with Gasteiger partial charge in [0, 0.05) is 13.2 Å². The van der Waals surface area contributed by atoms with Gasteiger partial charge in [-0.1, -0.05) is 0 Å². The molecule has 0 aromatic rings. The van der Waals surface area contributed by atoms with Crippen molar-refractivity contribution < 1.29 is 14.6 Å². The standard InChI is InChI=1S/C7H16N2O3/c1-3-4(8)5(9)6(10)7(11-2)12-3/h3-7,10H,8-9H2,1-2H3/t3-,4-,5-,6+,7+/m1/s1. The van der Waals surface area contributed by atoms with Gasteiger partial charge in [-0.2, -0.15) is 0 Å². The highest BCUT2D eigenvalue weighted by atomic mass is 16.7. The molecule has 0 aromatic heterocycles. The van der Waals surface area contributed by atoms with Crippen molar-refractivity contribution in [1.29, 1.82) is 0 Å². The first-order valence-corrected chi connectivity index (χ1v) is 3.95. The molecule has 0 aliphatic carbocycles. The van der Waals surface area contributed by atoms with Crippen LogP contribution >= 0.6 is 0 Å². The molecule has 5 nitrogen and oxygen atoms in total. The lowest BCUT2D eigenvalue weighted by Crippen LogP contribution is -2.64. The lowest BCUT2D eigenvalue weighted by molar-refractivity contribution is -0.235. The summed E-state index contributed by atoms with van der Waals surface area (Å²) >= 11 is 0. The molecule has 0 unspecified atom stereocenters. The number of methoxy groups -OCH3 is 1. The largest absolute Gasteiger partial charge is 0.386 e. The fraction of sp³-hybridized carbons (Fsp3) is 1.00. The Morgan fingerprint density at radius 1 is 1.33 bits per heavy atom. The summed E-state index contributed by atoms with van der Waals surface area (Å²) in [6.07, 6.45) is -1.69. The highest BCUT2D eigenvalue weighted by molar-refractivity contribution is 4.92. The number of ether oxygens (including phenoxy) is 2. The fourth-order valence-electron chi connectivity index (χ4n) is 1.30. The third-order valence-electron chi connectivity index (χ3n) is 2.24. The number of nitrogens with two attached hydrogens (primary N) is 2. The van der Waals surface area contributed by atoms with E-state index in [9.17, 15) is 5.11 Å². The molecule has 5 N–H and O–H groups in total. The van der Waals surface area contributed by atoms with E-state index in [-0.39, 0.29) is 12.1 Å². The predicted octanol–water partition coefficient (Wildman–Crippen LogP) is -1.61. The van der Waals surface area contributed by atoms with Crippen molar-refractivity contribution in [3.05, 3.63) is 0 Å². The highest BCUT2D eigenvalue weighted by Gasteiger charge is 2.39. The van der Waals surface area contributed by atoms with Gasteiger partial charge >= 0.3 is 0 Å². The molecule has 1 saturated heterocycles. The van der Waals surface area contributed by atoms with Crippen molar-refractivity contribution >= 4 is 0 Å². The van der Waals surface area contributed by atoms with Crippen molar-refractivity contribution in [2.45, 2.75) is 37.5 Å². The molecular formula is C7H16N2O3. The number of hydrogen-bond acceptors (Lipinski definition) is 5. The first-order chi connectivity index (χ1) is 5.57. The Morgan fingerprint density at radius 2 is 1.92 bits per heavy atom. The first kappa shape index (κ1) is 9.88. The van der Waals surface area contributed by atoms with Crippen molar-refractivity contribution in [3.8, 4) is 0 Å². The Kier molecular flexibility index (Phi) is 3.03. The summed E-state index contributed by atoms with van der Waals surface area (Å²) in [7, 11) is 1.46. The molecule has 12 heavy (non-hydrogen) atoms. The number of aliphatic hydroxyl groups excluding tert-OH is 1. The van der Waals surface area contributed by atoms with E-state index >= 15 is 0 Å². The molecule has 72 valence electrons. The average molecular weight is 176 g/mol. The van der Waals surface area contributed by atoms with Gasteiger partial charge < -0.3 is 26.0 Å². The van der Waals surface area contributed by atoms with Gasteiger partial charge in [0.05, 0.1) is 12.1 Å². The monoisotopic (exact) mass is 176 g/mol. The zero-order valence-electron chi connectivity index (χ0n) is 7.31. The van der Waals surface area contributed by atoms with Crippen LogP contribution in [0.1, 0.15) is 6.92 Å². The van der Waals surface area contributed by atoms with Crippen LogP contribution in [-0.2, 0) is 9.47 Å². The zero-order valence-corrected chi connectivity index (χ0v) is 7.31. The maximum Gasteiger partial charge on any atom is 0.185 e.